The van der Waals surface area contributed by atoms with E-state index in [-0.39, 0.29) is 46.5 Å². The molecule has 0 aromatic carbocycles. The number of carbonyl (C=O) groups excluding carboxylic acids is 1. The number of amides is 1. The van der Waals surface area contributed by atoms with Crippen LogP contribution in [-0.4, -0.2) is 46.9 Å². The Morgan fingerprint density at radius 2 is 1.94 bits per heavy atom. The topological polar surface area (TPSA) is 106 Å². The molecule has 1 amide bonds. The first kappa shape index (κ1) is 24.2. The van der Waals surface area contributed by atoms with E-state index in [0.717, 1.165) is 63.4 Å². The summed E-state index contributed by atoms with van der Waals surface area (Å²) in [5.41, 5.74) is 7.18. The molecule has 1 aliphatic heterocycles. The van der Waals surface area contributed by atoms with Gasteiger partial charge in [0.1, 0.15) is 6.10 Å². The van der Waals surface area contributed by atoms with Crippen molar-refractivity contribution in [1.29, 1.82) is 0 Å². The minimum absolute atomic E-state index is 0.0382. The van der Waals surface area contributed by atoms with Crippen molar-refractivity contribution in [2.75, 3.05) is 13.1 Å². The van der Waals surface area contributed by atoms with Crippen molar-refractivity contribution >= 4 is 6.09 Å². The van der Waals surface area contributed by atoms with Gasteiger partial charge in [0.15, 0.2) is 0 Å². The third-order valence-electron chi connectivity index (χ3n) is 11.1. The fraction of sp³-hybridized carbons (Fsp3) is 0.724. The van der Waals surface area contributed by atoms with Crippen LogP contribution in [0.3, 0.4) is 0 Å². The lowest BCUT2D eigenvalue weighted by Gasteiger charge is -2.61. The van der Waals surface area contributed by atoms with Gasteiger partial charge in [-0.1, -0.05) is 19.4 Å². The maximum absolute atomic E-state index is 12.7. The van der Waals surface area contributed by atoms with Crippen LogP contribution < -0.4 is 11.4 Å². The molecule has 1 aromatic rings. The van der Waals surface area contributed by atoms with Gasteiger partial charge in [0.2, 0.25) is 0 Å². The fourth-order valence-electron chi connectivity index (χ4n) is 9.02. The lowest BCUT2D eigenvalue weighted by atomic mass is 9.45. The highest BCUT2D eigenvalue weighted by molar-refractivity contribution is 5.68. The van der Waals surface area contributed by atoms with Crippen molar-refractivity contribution in [3.8, 4) is 0 Å². The molecule has 0 bridgehead atoms. The molecule has 4 fully saturated rings. The van der Waals surface area contributed by atoms with Crippen LogP contribution in [0.5, 0.6) is 0 Å². The maximum Gasteiger partial charge on any atom is 0.410 e. The predicted molar refractivity (Wildman–Crippen MR) is 135 cm³/mol. The van der Waals surface area contributed by atoms with Gasteiger partial charge in [-0.2, -0.15) is 0 Å². The van der Waals surface area contributed by atoms with Gasteiger partial charge < -0.3 is 24.9 Å². The first-order valence-electron chi connectivity index (χ1n) is 13.9. The third-order valence-corrected chi connectivity index (χ3v) is 11.1. The van der Waals surface area contributed by atoms with Crippen molar-refractivity contribution in [3.05, 3.63) is 46.0 Å². The van der Waals surface area contributed by atoms with Crippen LogP contribution in [-0.2, 0) is 4.74 Å². The van der Waals surface area contributed by atoms with E-state index >= 15 is 0 Å². The van der Waals surface area contributed by atoms with Crippen LogP contribution in [0, 0.1) is 22.7 Å². The Labute approximate surface area is 213 Å². The number of nitrogens with zero attached hydrogens (tertiary/aromatic N) is 1. The molecule has 7 nitrogen and oxygen atoms in total. The summed E-state index contributed by atoms with van der Waals surface area (Å²) in [4.78, 5) is 25.9. The molecule has 0 radical (unpaired) electrons. The van der Waals surface area contributed by atoms with Gasteiger partial charge in [0.05, 0.1) is 11.9 Å². The summed E-state index contributed by atoms with van der Waals surface area (Å²) in [5, 5.41) is 12.4. The summed E-state index contributed by atoms with van der Waals surface area (Å²) in [6.07, 6.45) is 11.8. The van der Waals surface area contributed by atoms with Crippen LogP contribution in [0.15, 0.2) is 39.3 Å². The number of likely N-dealkylation sites (tertiary alicyclic amines) is 1. The number of ether oxygens (including phenoxy) is 1. The summed E-state index contributed by atoms with van der Waals surface area (Å²) >= 11 is 0. The van der Waals surface area contributed by atoms with Crippen LogP contribution in [0.4, 0.5) is 4.79 Å². The monoisotopic (exact) mass is 496 g/mol. The smallest absolute Gasteiger partial charge is 0.410 e. The average molecular weight is 497 g/mol. The summed E-state index contributed by atoms with van der Waals surface area (Å²) in [6.45, 7) is 5.91. The van der Waals surface area contributed by atoms with E-state index in [9.17, 15) is 14.7 Å². The minimum Gasteiger partial charge on any atom is -0.442 e. The Hall–Kier alpha value is -2.12. The van der Waals surface area contributed by atoms with Crippen LogP contribution in [0.25, 0.3) is 0 Å². The minimum atomic E-state index is -0.719. The number of carbonyl (C=O) groups is 1. The predicted octanol–water partition coefficient (Wildman–Crippen LogP) is 4.34. The highest BCUT2D eigenvalue weighted by Crippen LogP contribution is 2.70. The van der Waals surface area contributed by atoms with Gasteiger partial charge in [-0.25, -0.2) is 9.59 Å². The number of rotatable bonds is 2. The zero-order chi connectivity index (χ0) is 25.3. The van der Waals surface area contributed by atoms with E-state index in [1.54, 1.807) is 11.2 Å². The third kappa shape index (κ3) is 3.52. The van der Waals surface area contributed by atoms with Gasteiger partial charge in [0, 0.05) is 30.6 Å². The van der Waals surface area contributed by atoms with Gasteiger partial charge in [-0.3, -0.25) is 0 Å². The summed E-state index contributed by atoms with van der Waals surface area (Å²) in [7, 11) is 0. The largest absolute Gasteiger partial charge is 0.442 e. The Morgan fingerprint density at radius 1 is 1.11 bits per heavy atom. The lowest BCUT2D eigenvalue weighted by molar-refractivity contribution is -0.178. The molecule has 8 atom stereocenters. The fourth-order valence-corrected chi connectivity index (χ4v) is 9.02. The molecule has 36 heavy (non-hydrogen) atoms. The van der Waals surface area contributed by atoms with Crippen molar-refractivity contribution in [3.63, 3.8) is 0 Å². The zero-order valence-electron chi connectivity index (χ0n) is 21.6. The molecule has 6 rings (SSSR count). The Morgan fingerprint density at radius 3 is 2.67 bits per heavy atom. The van der Waals surface area contributed by atoms with E-state index < -0.39 is 5.60 Å². The van der Waals surface area contributed by atoms with Crippen molar-refractivity contribution < 1.29 is 19.1 Å². The maximum atomic E-state index is 12.7. The highest BCUT2D eigenvalue weighted by atomic mass is 16.6. The number of allylic oxidation sites excluding steroid dienone is 1. The first-order chi connectivity index (χ1) is 17.1. The van der Waals surface area contributed by atoms with E-state index in [1.165, 1.54) is 11.6 Å². The Kier molecular flexibility index (Phi) is 5.69. The van der Waals surface area contributed by atoms with Gasteiger partial charge in [-0.05, 0) is 98.7 Å². The van der Waals surface area contributed by atoms with Crippen molar-refractivity contribution in [2.24, 2.45) is 28.4 Å². The Balaban J connectivity index is 1.21. The number of nitrogens with two attached hydrogens (primary N) is 1. The molecule has 2 heterocycles. The molecule has 4 aliphatic carbocycles. The first-order valence-corrected chi connectivity index (χ1v) is 13.9. The molecule has 196 valence electrons. The quantitative estimate of drug-likeness (QED) is 0.590. The molecular formula is C29H40N2O5. The number of hydrogen-bond donors (Lipinski definition) is 2. The molecule has 0 spiro atoms. The molecular weight excluding hydrogens is 456 g/mol. The number of fused-ring (bicyclic) bond motifs is 5. The van der Waals surface area contributed by atoms with Crippen LogP contribution >= 0.6 is 0 Å². The summed E-state index contributed by atoms with van der Waals surface area (Å²) < 4.78 is 11.1. The highest BCUT2D eigenvalue weighted by Gasteiger charge is 2.66. The van der Waals surface area contributed by atoms with Gasteiger partial charge in [0.25, 0.3) is 0 Å². The molecule has 1 saturated heterocycles. The Bertz CT molecular complexity index is 1110. The van der Waals surface area contributed by atoms with Crippen LogP contribution in [0.1, 0.15) is 83.1 Å². The molecule has 1 unspecified atom stereocenters. The molecule has 1 aromatic heterocycles. The SMILES string of the molecule is C[C@]12CC[C@H](OC(=O)N3CCC(N)C3)C=C1CC[C@@H]1[C@@H]2CC[C@]2(C)[C@@H](c3ccc(=O)oc3)CC[C@]12O. The molecule has 3 N–H and O–H groups in total. The van der Waals surface area contributed by atoms with Crippen molar-refractivity contribution in [1.82, 2.24) is 4.90 Å². The van der Waals surface area contributed by atoms with E-state index in [0.29, 0.717) is 19.0 Å². The molecule has 7 heteroatoms. The number of hydrogen-bond acceptors (Lipinski definition) is 6. The second kappa shape index (κ2) is 8.45. The normalized spacial score (nSPS) is 43.8. The zero-order valence-corrected chi connectivity index (χ0v) is 21.6. The van der Waals surface area contributed by atoms with Gasteiger partial charge in [-0.15, -0.1) is 0 Å². The van der Waals surface area contributed by atoms with E-state index in [2.05, 4.69) is 19.9 Å². The number of aliphatic hydroxyl groups is 1. The summed E-state index contributed by atoms with van der Waals surface area (Å²) in [6, 6.07) is 3.45. The standard InChI is InChI=1S/C29H40N2O5/c1-27-11-7-21(36-26(33)31-14-10-20(30)16-31)15-19(27)4-5-24-23(27)8-12-28(2)22(9-13-29(24,28)34)18-3-6-25(32)35-17-18/h3,6,15,17,20-24,34H,4-5,7-14,16,30H2,1-2H3/t20?,21-,22+,23-,24+,27-,28+,29-/m0/s1. The van der Waals surface area contributed by atoms with E-state index in [4.69, 9.17) is 14.9 Å². The van der Waals surface area contributed by atoms with Crippen molar-refractivity contribution in [2.45, 2.75) is 95.3 Å². The lowest BCUT2D eigenvalue weighted by Crippen LogP contribution is -2.60. The molecule has 5 aliphatic rings. The van der Waals surface area contributed by atoms with Crippen LogP contribution in [0.2, 0.25) is 0 Å². The van der Waals surface area contributed by atoms with E-state index in [1.807, 2.05) is 6.07 Å². The second-order valence-electron chi connectivity index (χ2n) is 12.7. The average Bonchev–Trinajstić information content (AvgIpc) is 3.41. The summed E-state index contributed by atoms with van der Waals surface area (Å²) in [5.74, 6) is 0.881. The second-order valence-corrected chi connectivity index (χ2v) is 12.7. The molecule has 3 saturated carbocycles. The van der Waals surface area contributed by atoms with Gasteiger partial charge >= 0.3 is 11.7 Å².